The molecule has 0 bridgehead atoms. The second kappa shape index (κ2) is 3.02. The van der Waals surface area contributed by atoms with Crippen molar-refractivity contribution in [3.05, 3.63) is 23.4 Å². The predicted molar refractivity (Wildman–Crippen MR) is 42.7 cm³/mol. The molecular formula is C8H9N3. The highest BCUT2D eigenvalue weighted by atomic mass is 14.8. The molecule has 0 radical (unpaired) electrons. The molecule has 1 aromatic heterocycles. The van der Waals surface area contributed by atoms with Gasteiger partial charge in [0.15, 0.2) is 0 Å². The molecule has 0 unspecified atom stereocenters. The summed E-state index contributed by atoms with van der Waals surface area (Å²) in [5, 5.41) is 8.37. The normalized spacial score (nSPS) is 9.09. The first kappa shape index (κ1) is 7.55. The summed E-state index contributed by atoms with van der Waals surface area (Å²) in [6.45, 7) is 1.93. The van der Waals surface area contributed by atoms with Gasteiger partial charge in [0.2, 0.25) is 0 Å². The Morgan fingerprint density at radius 3 is 2.91 bits per heavy atom. The van der Waals surface area contributed by atoms with Crippen molar-refractivity contribution in [3.8, 4) is 6.07 Å². The SMILES string of the molecule is Cc1cc(N)nc(CC#N)c1. The summed E-state index contributed by atoms with van der Waals surface area (Å²) in [7, 11) is 0. The quantitative estimate of drug-likeness (QED) is 0.645. The smallest absolute Gasteiger partial charge is 0.123 e. The molecule has 0 atom stereocenters. The van der Waals surface area contributed by atoms with E-state index < -0.39 is 0 Å². The molecule has 1 rings (SSSR count). The number of nitrogens with two attached hydrogens (primary N) is 1. The summed E-state index contributed by atoms with van der Waals surface area (Å²) in [5.41, 5.74) is 7.25. The van der Waals surface area contributed by atoms with E-state index in [9.17, 15) is 0 Å². The van der Waals surface area contributed by atoms with Crippen LogP contribution in [0.2, 0.25) is 0 Å². The van der Waals surface area contributed by atoms with Gasteiger partial charge in [0, 0.05) is 0 Å². The lowest BCUT2D eigenvalue weighted by Crippen LogP contribution is -1.95. The third kappa shape index (κ3) is 1.94. The van der Waals surface area contributed by atoms with E-state index in [1.54, 1.807) is 6.07 Å². The van der Waals surface area contributed by atoms with Crippen LogP contribution in [0.5, 0.6) is 0 Å². The average Bonchev–Trinajstić information content (AvgIpc) is 1.85. The van der Waals surface area contributed by atoms with Crippen molar-refractivity contribution in [2.24, 2.45) is 0 Å². The Kier molecular flexibility index (Phi) is 2.07. The minimum absolute atomic E-state index is 0.325. The fourth-order valence-electron chi connectivity index (χ4n) is 0.940. The van der Waals surface area contributed by atoms with Crippen LogP contribution < -0.4 is 5.73 Å². The van der Waals surface area contributed by atoms with Gasteiger partial charge in [0.05, 0.1) is 18.2 Å². The molecule has 0 fully saturated rings. The standard InChI is InChI=1S/C8H9N3/c1-6-4-7(2-3-9)11-8(10)5-6/h4-5H,2H2,1H3,(H2,10,11). The summed E-state index contributed by atoms with van der Waals surface area (Å²) >= 11 is 0. The van der Waals surface area contributed by atoms with Gasteiger partial charge in [0.1, 0.15) is 5.82 Å². The van der Waals surface area contributed by atoms with E-state index in [-0.39, 0.29) is 0 Å². The second-order valence-corrected chi connectivity index (χ2v) is 2.40. The van der Waals surface area contributed by atoms with Crippen molar-refractivity contribution in [2.45, 2.75) is 13.3 Å². The Morgan fingerprint density at radius 2 is 2.36 bits per heavy atom. The molecule has 0 aliphatic rings. The van der Waals surface area contributed by atoms with Crippen molar-refractivity contribution in [2.75, 3.05) is 5.73 Å². The molecule has 0 saturated heterocycles. The van der Waals surface area contributed by atoms with Crippen molar-refractivity contribution < 1.29 is 0 Å². The Morgan fingerprint density at radius 1 is 1.64 bits per heavy atom. The Balaban J connectivity index is 3.01. The molecule has 0 aliphatic heterocycles. The fraction of sp³-hybridized carbons (Fsp3) is 0.250. The summed E-state index contributed by atoms with van der Waals surface area (Å²) in [4.78, 5) is 3.98. The lowest BCUT2D eigenvalue weighted by Gasteiger charge is -1.98. The van der Waals surface area contributed by atoms with Gasteiger partial charge in [0.25, 0.3) is 0 Å². The number of rotatable bonds is 1. The Bertz CT molecular complexity index is 278. The van der Waals surface area contributed by atoms with Crippen molar-refractivity contribution in [3.63, 3.8) is 0 Å². The molecule has 1 heterocycles. The van der Waals surface area contributed by atoms with Crippen molar-refractivity contribution >= 4 is 5.82 Å². The number of nitriles is 1. The maximum Gasteiger partial charge on any atom is 0.123 e. The zero-order valence-corrected chi connectivity index (χ0v) is 6.33. The van der Waals surface area contributed by atoms with Crippen LogP contribution in [-0.4, -0.2) is 4.98 Å². The highest BCUT2D eigenvalue weighted by Gasteiger charge is 1.95. The molecule has 1 aromatic rings. The third-order valence-electron chi connectivity index (χ3n) is 1.30. The van der Waals surface area contributed by atoms with E-state index >= 15 is 0 Å². The molecular weight excluding hydrogens is 138 g/mol. The zero-order chi connectivity index (χ0) is 8.27. The van der Waals surface area contributed by atoms with E-state index in [0.717, 1.165) is 11.3 Å². The van der Waals surface area contributed by atoms with Crippen LogP contribution in [-0.2, 0) is 6.42 Å². The first-order valence-electron chi connectivity index (χ1n) is 3.32. The molecule has 11 heavy (non-hydrogen) atoms. The molecule has 0 spiro atoms. The molecule has 0 aliphatic carbocycles. The van der Waals surface area contributed by atoms with Gasteiger partial charge < -0.3 is 5.73 Å². The van der Waals surface area contributed by atoms with Crippen molar-refractivity contribution in [1.29, 1.82) is 5.26 Å². The minimum Gasteiger partial charge on any atom is -0.384 e. The molecule has 0 amide bonds. The van der Waals surface area contributed by atoms with E-state index in [1.807, 2.05) is 19.1 Å². The zero-order valence-electron chi connectivity index (χ0n) is 6.33. The van der Waals surface area contributed by atoms with Gasteiger partial charge in [-0.1, -0.05) is 0 Å². The predicted octanol–water partition coefficient (Wildman–Crippen LogP) is 1.04. The molecule has 0 aromatic carbocycles. The summed E-state index contributed by atoms with van der Waals surface area (Å²) in [5.74, 6) is 0.482. The van der Waals surface area contributed by atoms with E-state index in [0.29, 0.717) is 12.2 Å². The van der Waals surface area contributed by atoms with Gasteiger partial charge in [-0.3, -0.25) is 0 Å². The molecule has 3 heteroatoms. The first-order valence-corrected chi connectivity index (χ1v) is 3.32. The minimum atomic E-state index is 0.325. The van der Waals surface area contributed by atoms with Gasteiger partial charge in [-0.05, 0) is 24.6 Å². The number of hydrogen-bond acceptors (Lipinski definition) is 3. The van der Waals surface area contributed by atoms with Crippen LogP contribution in [0.25, 0.3) is 0 Å². The average molecular weight is 147 g/mol. The lowest BCUT2D eigenvalue weighted by atomic mass is 10.2. The van der Waals surface area contributed by atoms with Crippen LogP contribution in [0.3, 0.4) is 0 Å². The number of anilines is 1. The fourth-order valence-corrected chi connectivity index (χ4v) is 0.940. The van der Waals surface area contributed by atoms with Crippen molar-refractivity contribution in [1.82, 2.24) is 4.98 Å². The monoisotopic (exact) mass is 147 g/mol. The Hall–Kier alpha value is -1.56. The number of nitrogen functional groups attached to an aromatic ring is 1. The van der Waals surface area contributed by atoms with Crippen LogP contribution in [0.4, 0.5) is 5.82 Å². The molecule has 0 saturated carbocycles. The molecule has 3 nitrogen and oxygen atoms in total. The number of hydrogen-bond donors (Lipinski definition) is 1. The number of aromatic nitrogens is 1. The highest BCUT2D eigenvalue weighted by Crippen LogP contribution is 2.06. The maximum atomic E-state index is 8.37. The van der Waals surface area contributed by atoms with Crippen LogP contribution in [0.1, 0.15) is 11.3 Å². The van der Waals surface area contributed by atoms with Crippen LogP contribution >= 0.6 is 0 Å². The number of aryl methyl sites for hydroxylation is 1. The Labute approximate surface area is 65.5 Å². The van der Waals surface area contributed by atoms with Crippen LogP contribution in [0.15, 0.2) is 12.1 Å². The van der Waals surface area contributed by atoms with Gasteiger partial charge in [-0.2, -0.15) is 5.26 Å². The van der Waals surface area contributed by atoms with E-state index in [4.69, 9.17) is 11.0 Å². The summed E-state index contributed by atoms with van der Waals surface area (Å²) < 4.78 is 0. The third-order valence-corrected chi connectivity index (χ3v) is 1.30. The topological polar surface area (TPSA) is 62.7 Å². The van der Waals surface area contributed by atoms with Crippen LogP contribution in [0, 0.1) is 18.3 Å². The number of nitrogens with zero attached hydrogens (tertiary/aromatic N) is 2. The largest absolute Gasteiger partial charge is 0.384 e. The lowest BCUT2D eigenvalue weighted by molar-refractivity contribution is 1.11. The van der Waals surface area contributed by atoms with E-state index in [2.05, 4.69) is 4.98 Å². The second-order valence-electron chi connectivity index (χ2n) is 2.40. The van der Waals surface area contributed by atoms with Gasteiger partial charge >= 0.3 is 0 Å². The molecule has 56 valence electrons. The highest BCUT2D eigenvalue weighted by molar-refractivity contribution is 5.34. The van der Waals surface area contributed by atoms with Gasteiger partial charge in [-0.25, -0.2) is 4.98 Å². The molecule has 2 N–H and O–H groups in total. The maximum absolute atomic E-state index is 8.37. The van der Waals surface area contributed by atoms with Gasteiger partial charge in [-0.15, -0.1) is 0 Å². The summed E-state index contributed by atoms with van der Waals surface area (Å²) in [6.07, 6.45) is 0.325. The summed E-state index contributed by atoms with van der Waals surface area (Å²) in [6, 6.07) is 5.66. The van der Waals surface area contributed by atoms with E-state index in [1.165, 1.54) is 0 Å². The first-order chi connectivity index (χ1) is 5.22. The number of pyridine rings is 1.